The van der Waals surface area contributed by atoms with Gasteiger partial charge in [-0.2, -0.15) is 0 Å². The third-order valence-corrected chi connectivity index (χ3v) is 4.00. The molecule has 0 radical (unpaired) electrons. The highest BCUT2D eigenvalue weighted by atomic mass is 79.9. The molecule has 6 nitrogen and oxygen atoms in total. The van der Waals surface area contributed by atoms with Gasteiger partial charge < -0.3 is 15.5 Å². The van der Waals surface area contributed by atoms with Gasteiger partial charge in [-0.05, 0) is 42.5 Å². The molecule has 7 heteroatoms. The second kappa shape index (κ2) is 8.43. The Morgan fingerprint density at radius 3 is 2.36 bits per heavy atom. The molecule has 0 aliphatic heterocycles. The van der Waals surface area contributed by atoms with Gasteiger partial charge in [0.1, 0.15) is 0 Å². The van der Waals surface area contributed by atoms with Crippen molar-refractivity contribution < 1.29 is 14.4 Å². The number of rotatable bonds is 5. The molecule has 130 valence electrons. The van der Waals surface area contributed by atoms with Gasteiger partial charge >= 0.3 is 0 Å². The van der Waals surface area contributed by atoms with Crippen molar-refractivity contribution in [2.75, 3.05) is 23.8 Å². The van der Waals surface area contributed by atoms with E-state index < -0.39 is 0 Å². The van der Waals surface area contributed by atoms with E-state index in [9.17, 15) is 14.4 Å². The molecule has 0 aliphatic carbocycles. The monoisotopic (exact) mass is 403 g/mol. The third kappa shape index (κ3) is 5.42. The van der Waals surface area contributed by atoms with Gasteiger partial charge in [-0.1, -0.05) is 22.0 Å². The Kier molecular flexibility index (Phi) is 6.30. The Hall–Kier alpha value is -2.67. The van der Waals surface area contributed by atoms with Crippen molar-refractivity contribution in [3.63, 3.8) is 0 Å². The van der Waals surface area contributed by atoms with Crippen LogP contribution in [0.25, 0.3) is 0 Å². The molecule has 0 aromatic heterocycles. The number of anilines is 2. The molecule has 2 aromatic carbocycles. The average molecular weight is 404 g/mol. The molecular weight excluding hydrogens is 386 g/mol. The summed E-state index contributed by atoms with van der Waals surface area (Å²) >= 11 is 3.30. The maximum absolute atomic E-state index is 12.0. The van der Waals surface area contributed by atoms with Crippen LogP contribution in [0.15, 0.2) is 53.0 Å². The lowest BCUT2D eigenvalue weighted by atomic mass is 10.2. The van der Waals surface area contributed by atoms with Crippen molar-refractivity contribution in [1.82, 2.24) is 5.32 Å². The largest absolute Gasteiger partial charge is 0.343 e. The minimum absolute atomic E-state index is 0.0768. The van der Waals surface area contributed by atoms with E-state index in [1.54, 1.807) is 49.5 Å². The highest BCUT2D eigenvalue weighted by Gasteiger charge is 2.09. The number of carbonyl (C=O) groups excluding carboxylic acids is 3. The van der Waals surface area contributed by atoms with Crippen LogP contribution in [0, 0.1) is 0 Å². The van der Waals surface area contributed by atoms with Crippen LogP contribution in [0.4, 0.5) is 11.4 Å². The Balaban J connectivity index is 1.88. The standard InChI is InChI=1S/C18H18BrN3O3/c1-12(23)22(2)16-8-6-15(7-9-16)21-17(24)11-20-18(25)13-4-3-5-14(19)10-13/h3-10H,11H2,1-2H3,(H,20,25)(H,21,24). The third-order valence-electron chi connectivity index (χ3n) is 3.51. The first-order valence-electron chi connectivity index (χ1n) is 7.55. The maximum atomic E-state index is 12.0. The zero-order chi connectivity index (χ0) is 18.4. The Morgan fingerprint density at radius 1 is 1.08 bits per heavy atom. The summed E-state index contributed by atoms with van der Waals surface area (Å²) in [4.78, 5) is 36.7. The molecule has 0 bridgehead atoms. The predicted octanol–water partition coefficient (Wildman–Crippen LogP) is 2.80. The number of benzene rings is 2. The lowest BCUT2D eigenvalue weighted by Crippen LogP contribution is -2.32. The van der Waals surface area contributed by atoms with Gasteiger partial charge in [0.15, 0.2) is 0 Å². The van der Waals surface area contributed by atoms with E-state index >= 15 is 0 Å². The molecule has 0 heterocycles. The van der Waals surface area contributed by atoms with E-state index in [0.717, 1.165) is 10.2 Å². The van der Waals surface area contributed by atoms with Crippen LogP contribution in [-0.2, 0) is 9.59 Å². The Bertz CT molecular complexity index is 790. The Morgan fingerprint density at radius 2 is 1.76 bits per heavy atom. The first kappa shape index (κ1) is 18.7. The Labute approximate surface area is 154 Å². The van der Waals surface area contributed by atoms with E-state index in [-0.39, 0.29) is 24.3 Å². The van der Waals surface area contributed by atoms with Crippen LogP contribution in [-0.4, -0.2) is 31.3 Å². The second-order valence-electron chi connectivity index (χ2n) is 5.37. The van der Waals surface area contributed by atoms with Gasteiger partial charge in [0, 0.05) is 35.4 Å². The van der Waals surface area contributed by atoms with Crippen molar-refractivity contribution in [3.8, 4) is 0 Å². The van der Waals surface area contributed by atoms with Crippen molar-refractivity contribution in [1.29, 1.82) is 0 Å². The van der Waals surface area contributed by atoms with Gasteiger partial charge in [0.2, 0.25) is 11.8 Å². The fourth-order valence-corrected chi connectivity index (χ4v) is 2.45. The molecular formula is C18H18BrN3O3. The van der Waals surface area contributed by atoms with Gasteiger partial charge in [0.25, 0.3) is 5.91 Å². The highest BCUT2D eigenvalue weighted by Crippen LogP contribution is 2.17. The molecule has 0 atom stereocenters. The molecule has 2 N–H and O–H groups in total. The van der Waals surface area contributed by atoms with Crippen molar-refractivity contribution >= 4 is 45.0 Å². The molecule has 2 aromatic rings. The van der Waals surface area contributed by atoms with Crippen LogP contribution < -0.4 is 15.5 Å². The summed E-state index contributed by atoms with van der Waals surface area (Å²) in [5, 5.41) is 5.26. The number of hydrogen-bond donors (Lipinski definition) is 2. The summed E-state index contributed by atoms with van der Waals surface area (Å²) in [6.45, 7) is 1.34. The summed E-state index contributed by atoms with van der Waals surface area (Å²) in [5.74, 6) is -0.738. The normalized spacial score (nSPS) is 10.0. The summed E-state index contributed by atoms with van der Waals surface area (Å²) < 4.78 is 0.792. The fourth-order valence-electron chi connectivity index (χ4n) is 2.05. The SMILES string of the molecule is CC(=O)N(C)c1ccc(NC(=O)CNC(=O)c2cccc(Br)c2)cc1. The molecule has 0 saturated heterocycles. The van der Waals surface area contributed by atoms with Crippen LogP contribution in [0.5, 0.6) is 0 Å². The van der Waals surface area contributed by atoms with E-state index in [2.05, 4.69) is 26.6 Å². The smallest absolute Gasteiger partial charge is 0.251 e. The topological polar surface area (TPSA) is 78.5 Å². The van der Waals surface area contributed by atoms with Gasteiger partial charge in [-0.15, -0.1) is 0 Å². The predicted molar refractivity (Wildman–Crippen MR) is 101 cm³/mol. The molecule has 0 spiro atoms. The number of carbonyl (C=O) groups is 3. The minimum Gasteiger partial charge on any atom is -0.343 e. The molecule has 3 amide bonds. The number of halogens is 1. The van der Waals surface area contributed by atoms with E-state index in [1.807, 2.05) is 6.07 Å². The van der Waals surface area contributed by atoms with Crippen molar-refractivity contribution in [3.05, 3.63) is 58.6 Å². The maximum Gasteiger partial charge on any atom is 0.251 e. The molecule has 0 fully saturated rings. The number of amides is 3. The zero-order valence-electron chi connectivity index (χ0n) is 13.9. The van der Waals surface area contributed by atoms with E-state index in [0.29, 0.717) is 11.3 Å². The van der Waals surface area contributed by atoms with Gasteiger partial charge in [-0.3, -0.25) is 14.4 Å². The molecule has 0 saturated carbocycles. The van der Waals surface area contributed by atoms with Crippen LogP contribution in [0.3, 0.4) is 0 Å². The van der Waals surface area contributed by atoms with Crippen molar-refractivity contribution in [2.45, 2.75) is 6.92 Å². The molecule has 0 aliphatic rings. The number of hydrogen-bond acceptors (Lipinski definition) is 3. The molecule has 25 heavy (non-hydrogen) atoms. The summed E-state index contributed by atoms with van der Waals surface area (Å²) in [6.07, 6.45) is 0. The number of nitrogens with one attached hydrogen (secondary N) is 2. The highest BCUT2D eigenvalue weighted by molar-refractivity contribution is 9.10. The number of nitrogens with zero attached hydrogens (tertiary/aromatic N) is 1. The van der Waals surface area contributed by atoms with Crippen LogP contribution in [0.1, 0.15) is 17.3 Å². The summed E-state index contributed by atoms with van der Waals surface area (Å²) in [5.41, 5.74) is 1.79. The first-order chi connectivity index (χ1) is 11.9. The van der Waals surface area contributed by atoms with E-state index in [1.165, 1.54) is 11.8 Å². The van der Waals surface area contributed by atoms with E-state index in [4.69, 9.17) is 0 Å². The lowest BCUT2D eigenvalue weighted by molar-refractivity contribution is -0.116. The van der Waals surface area contributed by atoms with Crippen LogP contribution >= 0.6 is 15.9 Å². The second-order valence-corrected chi connectivity index (χ2v) is 6.28. The molecule has 2 rings (SSSR count). The fraction of sp³-hybridized carbons (Fsp3) is 0.167. The van der Waals surface area contributed by atoms with Crippen LogP contribution in [0.2, 0.25) is 0 Å². The van der Waals surface area contributed by atoms with Gasteiger partial charge in [-0.25, -0.2) is 0 Å². The zero-order valence-corrected chi connectivity index (χ0v) is 15.5. The average Bonchev–Trinajstić information content (AvgIpc) is 2.59. The minimum atomic E-state index is -0.337. The van der Waals surface area contributed by atoms with Crippen molar-refractivity contribution in [2.24, 2.45) is 0 Å². The molecule has 0 unspecified atom stereocenters. The lowest BCUT2D eigenvalue weighted by Gasteiger charge is -2.15. The summed E-state index contributed by atoms with van der Waals surface area (Å²) in [6, 6.07) is 13.8. The summed E-state index contributed by atoms with van der Waals surface area (Å²) in [7, 11) is 1.67. The quantitative estimate of drug-likeness (QED) is 0.805. The van der Waals surface area contributed by atoms with Gasteiger partial charge in [0.05, 0.1) is 6.54 Å². The first-order valence-corrected chi connectivity index (χ1v) is 8.34.